The second-order valence-corrected chi connectivity index (χ2v) is 6.71. The summed E-state index contributed by atoms with van der Waals surface area (Å²) in [6, 6.07) is 7.97. The molecular formula is C20H23N5O2. The Hall–Kier alpha value is -2.77. The van der Waals surface area contributed by atoms with E-state index in [0.29, 0.717) is 25.5 Å². The largest absolute Gasteiger partial charge is 0.379 e. The fraction of sp³-hybridized carbons (Fsp3) is 0.350. The zero-order chi connectivity index (χ0) is 18.6. The number of aryl methyl sites for hydroxylation is 1. The van der Waals surface area contributed by atoms with Crippen LogP contribution in [0.25, 0.3) is 5.65 Å². The lowest BCUT2D eigenvalue weighted by Crippen LogP contribution is -2.43. The average molecular weight is 365 g/mol. The first-order valence-electron chi connectivity index (χ1n) is 9.16. The number of pyridine rings is 2. The van der Waals surface area contributed by atoms with Gasteiger partial charge < -0.3 is 14.5 Å². The minimum absolute atomic E-state index is 0.0605. The molecule has 1 fully saturated rings. The summed E-state index contributed by atoms with van der Waals surface area (Å²) in [4.78, 5) is 23.7. The number of carbonyl (C=O) groups excluding carboxylic acids is 1. The Labute approximate surface area is 158 Å². The maximum Gasteiger partial charge on any atom is 0.271 e. The maximum atomic E-state index is 12.7. The summed E-state index contributed by atoms with van der Waals surface area (Å²) >= 11 is 0. The van der Waals surface area contributed by atoms with Crippen molar-refractivity contribution >= 4 is 11.6 Å². The van der Waals surface area contributed by atoms with Gasteiger partial charge in [-0.2, -0.15) is 0 Å². The SMILES string of the molecule is Cc1cccn2cc(C(=O)NC[C@@H](c3cccnc3)N3CCOCC3)nc12. The average Bonchev–Trinajstić information content (AvgIpc) is 3.16. The predicted molar refractivity (Wildman–Crippen MR) is 102 cm³/mol. The summed E-state index contributed by atoms with van der Waals surface area (Å²) in [5.41, 5.74) is 3.36. The molecule has 1 N–H and O–H groups in total. The molecule has 4 rings (SSSR count). The Bertz CT molecular complexity index is 919. The number of rotatable bonds is 5. The molecule has 0 bridgehead atoms. The number of hydrogen-bond acceptors (Lipinski definition) is 5. The fourth-order valence-electron chi connectivity index (χ4n) is 3.46. The van der Waals surface area contributed by atoms with Gasteiger partial charge in [-0.05, 0) is 30.2 Å². The first-order chi connectivity index (χ1) is 13.2. The number of amides is 1. The molecule has 1 atom stereocenters. The van der Waals surface area contributed by atoms with Crippen molar-refractivity contribution in [3.8, 4) is 0 Å². The minimum atomic E-state index is -0.166. The molecule has 1 aliphatic rings. The molecule has 0 aromatic carbocycles. The van der Waals surface area contributed by atoms with E-state index < -0.39 is 0 Å². The Balaban J connectivity index is 1.50. The molecule has 1 amide bonds. The molecule has 0 saturated carbocycles. The smallest absolute Gasteiger partial charge is 0.271 e. The summed E-state index contributed by atoms with van der Waals surface area (Å²) in [6.07, 6.45) is 7.29. The number of imidazole rings is 1. The third-order valence-electron chi connectivity index (χ3n) is 4.92. The number of hydrogen-bond donors (Lipinski definition) is 1. The molecule has 4 heterocycles. The molecule has 0 radical (unpaired) electrons. The van der Waals surface area contributed by atoms with Gasteiger partial charge in [-0.1, -0.05) is 12.1 Å². The molecule has 1 saturated heterocycles. The van der Waals surface area contributed by atoms with Crippen LogP contribution in [0.15, 0.2) is 49.1 Å². The van der Waals surface area contributed by atoms with Crippen LogP contribution in [0, 0.1) is 6.92 Å². The maximum absolute atomic E-state index is 12.7. The van der Waals surface area contributed by atoms with E-state index in [1.54, 1.807) is 12.4 Å². The molecular weight excluding hydrogens is 342 g/mol. The van der Waals surface area contributed by atoms with Gasteiger partial charge in [0, 0.05) is 44.4 Å². The summed E-state index contributed by atoms with van der Waals surface area (Å²) in [7, 11) is 0. The van der Waals surface area contributed by atoms with E-state index in [0.717, 1.165) is 29.9 Å². The predicted octanol–water partition coefficient (Wildman–Crippen LogP) is 1.84. The highest BCUT2D eigenvalue weighted by Gasteiger charge is 2.24. The Morgan fingerprint density at radius 3 is 2.89 bits per heavy atom. The number of fused-ring (bicyclic) bond motifs is 1. The Morgan fingerprint density at radius 1 is 1.30 bits per heavy atom. The van der Waals surface area contributed by atoms with Gasteiger partial charge in [-0.25, -0.2) is 4.98 Å². The van der Waals surface area contributed by atoms with Crippen LogP contribution in [0.3, 0.4) is 0 Å². The van der Waals surface area contributed by atoms with Crippen LogP contribution < -0.4 is 5.32 Å². The Kier molecular flexibility index (Phi) is 5.13. The van der Waals surface area contributed by atoms with E-state index in [1.165, 1.54) is 0 Å². The van der Waals surface area contributed by atoms with E-state index in [4.69, 9.17) is 4.74 Å². The zero-order valence-corrected chi connectivity index (χ0v) is 15.3. The molecule has 7 nitrogen and oxygen atoms in total. The number of aromatic nitrogens is 3. The minimum Gasteiger partial charge on any atom is -0.379 e. The lowest BCUT2D eigenvalue weighted by atomic mass is 10.1. The lowest BCUT2D eigenvalue weighted by molar-refractivity contribution is 0.0161. The summed E-state index contributed by atoms with van der Waals surface area (Å²) in [6.45, 7) is 5.57. The summed E-state index contributed by atoms with van der Waals surface area (Å²) < 4.78 is 7.35. The number of nitrogens with zero attached hydrogens (tertiary/aromatic N) is 4. The van der Waals surface area contributed by atoms with E-state index in [-0.39, 0.29) is 11.9 Å². The van der Waals surface area contributed by atoms with Gasteiger partial charge in [0.05, 0.1) is 19.3 Å². The van der Waals surface area contributed by atoms with Crippen LogP contribution in [0.1, 0.15) is 27.7 Å². The van der Waals surface area contributed by atoms with Crippen LogP contribution in [0.4, 0.5) is 0 Å². The molecule has 0 aliphatic carbocycles. The zero-order valence-electron chi connectivity index (χ0n) is 15.3. The first-order valence-corrected chi connectivity index (χ1v) is 9.16. The van der Waals surface area contributed by atoms with Crippen LogP contribution in [-0.4, -0.2) is 58.0 Å². The van der Waals surface area contributed by atoms with E-state index in [1.807, 2.05) is 48.0 Å². The second-order valence-electron chi connectivity index (χ2n) is 6.71. The van der Waals surface area contributed by atoms with E-state index >= 15 is 0 Å². The van der Waals surface area contributed by atoms with Gasteiger partial charge in [0.2, 0.25) is 0 Å². The quantitative estimate of drug-likeness (QED) is 0.747. The van der Waals surface area contributed by atoms with Crippen molar-refractivity contribution < 1.29 is 9.53 Å². The van der Waals surface area contributed by atoms with Crippen LogP contribution in [0.5, 0.6) is 0 Å². The van der Waals surface area contributed by atoms with Gasteiger partial charge in [-0.3, -0.25) is 14.7 Å². The van der Waals surface area contributed by atoms with Gasteiger partial charge in [-0.15, -0.1) is 0 Å². The highest BCUT2D eigenvalue weighted by atomic mass is 16.5. The summed E-state index contributed by atoms with van der Waals surface area (Å²) in [5, 5.41) is 3.05. The van der Waals surface area contributed by atoms with Crippen molar-refractivity contribution in [1.82, 2.24) is 24.6 Å². The van der Waals surface area contributed by atoms with Gasteiger partial charge in [0.1, 0.15) is 11.3 Å². The molecule has 1 aliphatic heterocycles. The van der Waals surface area contributed by atoms with E-state index in [9.17, 15) is 4.79 Å². The van der Waals surface area contributed by atoms with Crippen molar-refractivity contribution in [2.45, 2.75) is 13.0 Å². The van der Waals surface area contributed by atoms with Crippen molar-refractivity contribution in [2.75, 3.05) is 32.8 Å². The Morgan fingerprint density at radius 2 is 2.15 bits per heavy atom. The van der Waals surface area contributed by atoms with Crippen molar-refractivity contribution in [3.05, 3.63) is 65.9 Å². The molecule has 140 valence electrons. The molecule has 27 heavy (non-hydrogen) atoms. The second kappa shape index (κ2) is 7.85. The molecule has 7 heteroatoms. The summed E-state index contributed by atoms with van der Waals surface area (Å²) in [5.74, 6) is -0.166. The van der Waals surface area contributed by atoms with Gasteiger partial charge >= 0.3 is 0 Å². The normalized spacial score (nSPS) is 16.3. The fourth-order valence-corrected chi connectivity index (χ4v) is 3.46. The highest BCUT2D eigenvalue weighted by Crippen LogP contribution is 2.20. The number of ether oxygens (including phenoxy) is 1. The third-order valence-corrected chi connectivity index (χ3v) is 4.92. The van der Waals surface area contributed by atoms with Crippen molar-refractivity contribution in [3.63, 3.8) is 0 Å². The molecule has 0 unspecified atom stereocenters. The standard InChI is InChI=1S/C20H23N5O2/c1-15-4-3-7-25-14-17(23-19(15)25)20(26)22-13-18(16-5-2-6-21-12-16)24-8-10-27-11-9-24/h2-7,12,14,18H,8-11,13H2,1H3,(H,22,26)/t18-/m0/s1. The van der Waals surface area contributed by atoms with Crippen molar-refractivity contribution in [2.24, 2.45) is 0 Å². The van der Waals surface area contributed by atoms with Gasteiger partial charge in [0.15, 0.2) is 0 Å². The molecule has 3 aromatic heterocycles. The molecule has 3 aromatic rings. The monoisotopic (exact) mass is 365 g/mol. The number of nitrogens with one attached hydrogen (secondary N) is 1. The van der Waals surface area contributed by atoms with Crippen LogP contribution >= 0.6 is 0 Å². The van der Waals surface area contributed by atoms with Crippen molar-refractivity contribution in [1.29, 1.82) is 0 Å². The first kappa shape index (κ1) is 17.6. The highest BCUT2D eigenvalue weighted by molar-refractivity contribution is 5.93. The van der Waals surface area contributed by atoms with Gasteiger partial charge in [0.25, 0.3) is 5.91 Å². The molecule has 0 spiro atoms. The topological polar surface area (TPSA) is 71.8 Å². The third kappa shape index (κ3) is 3.84. The van der Waals surface area contributed by atoms with E-state index in [2.05, 4.69) is 20.2 Å². The number of morpholine rings is 1. The number of carbonyl (C=O) groups is 1. The lowest BCUT2D eigenvalue weighted by Gasteiger charge is -2.34. The van der Waals surface area contributed by atoms with Crippen LogP contribution in [-0.2, 0) is 4.74 Å². The van der Waals surface area contributed by atoms with Crippen LogP contribution in [0.2, 0.25) is 0 Å².